The average Bonchev–Trinajstić information content (AvgIpc) is 2.40. The number of hydrogen-bond donors (Lipinski definition) is 0. The van der Waals surface area contributed by atoms with Crippen LogP contribution in [0.2, 0.25) is 0 Å². The first kappa shape index (κ1) is 15.1. The van der Waals surface area contributed by atoms with Gasteiger partial charge in [-0.1, -0.05) is 32.8 Å². The second-order valence-corrected chi connectivity index (χ2v) is 4.62. The SMILES string of the molecule is CCCCN(CCCC)N1C=C(N=C=S)C=CC1. The van der Waals surface area contributed by atoms with E-state index in [9.17, 15) is 0 Å². The van der Waals surface area contributed by atoms with Crippen LogP contribution in [-0.4, -0.2) is 34.8 Å². The lowest BCUT2D eigenvalue weighted by atomic mass is 10.3. The molecular weight excluding hydrogens is 242 g/mol. The molecule has 0 aliphatic carbocycles. The lowest BCUT2D eigenvalue weighted by Gasteiger charge is -2.35. The van der Waals surface area contributed by atoms with Gasteiger partial charge < -0.3 is 5.01 Å². The van der Waals surface area contributed by atoms with Gasteiger partial charge in [0.2, 0.25) is 0 Å². The zero-order valence-corrected chi connectivity index (χ0v) is 12.2. The zero-order valence-electron chi connectivity index (χ0n) is 11.4. The van der Waals surface area contributed by atoms with Crippen LogP contribution in [0.1, 0.15) is 39.5 Å². The van der Waals surface area contributed by atoms with Gasteiger partial charge in [-0.2, -0.15) is 4.99 Å². The molecule has 0 bridgehead atoms. The first-order valence-electron chi connectivity index (χ1n) is 6.79. The van der Waals surface area contributed by atoms with Gasteiger partial charge in [-0.15, -0.1) is 0 Å². The summed E-state index contributed by atoms with van der Waals surface area (Å²) in [4.78, 5) is 4.05. The third-order valence-electron chi connectivity index (χ3n) is 2.94. The van der Waals surface area contributed by atoms with Crippen molar-refractivity contribution in [3.8, 4) is 0 Å². The quantitative estimate of drug-likeness (QED) is 0.493. The fraction of sp³-hybridized carbons (Fsp3) is 0.643. The largest absolute Gasteiger partial charge is 0.307 e. The minimum Gasteiger partial charge on any atom is -0.307 e. The summed E-state index contributed by atoms with van der Waals surface area (Å²) < 4.78 is 0. The van der Waals surface area contributed by atoms with Gasteiger partial charge in [0.1, 0.15) is 0 Å². The van der Waals surface area contributed by atoms with Crippen molar-refractivity contribution in [2.24, 2.45) is 4.99 Å². The maximum Gasteiger partial charge on any atom is 0.0910 e. The number of unbranched alkanes of at least 4 members (excludes halogenated alkanes) is 2. The van der Waals surface area contributed by atoms with E-state index in [1.54, 1.807) is 0 Å². The number of hydrogen-bond acceptors (Lipinski definition) is 4. The monoisotopic (exact) mass is 265 g/mol. The maximum atomic E-state index is 4.65. The number of aliphatic imine (C=N–C) groups is 1. The Labute approximate surface area is 116 Å². The molecule has 1 aliphatic rings. The van der Waals surface area contributed by atoms with Crippen LogP contribution in [0.3, 0.4) is 0 Å². The molecule has 0 amide bonds. The minimum absolute atomic E-state index is 0.884. The Morgan fingerprint density at radius 2 is 2.00 bits per heavy atom. The van der Waals surface area contributed by atoms with Crippen LogP contribution in [0.5, 0.6) is 0 Å². The van der Waals surface area contributed by atoms with Crippen molar-refractivity contribution >= 4 is 17.4 Å². The Balaban J connectivity index is 2.65. The van der Waals surface area contributed by atoms with Crippen molar-refractivity contribution in [3.63, 3.8) is 0 Å². The number of hydrazine groups is 1. The smallest absolute Gasteiger partial charge is 0.0910 e. The van der Waals surface area contributed by atoms with Crippen molar-refractivity contribution in [2.45, 2.75) is 39.5 Å². The maximum absolute atomic E-state index is 4.65. The summed E-state index contributed by atoms with van der Waals surface area (Å²) in [5.74, 6) is 0. The molecular formula is C14H23N3S. The third-order valence-corrected chi connectivity index (χ3v) is 3.03. The van der Waals surface area contributed by atoms with E-state index < -0.39 is 0 Å². The summed E-state index contributed by atoms with van der Waals surface area (Å²) in [6.07, 6.45) is 11.1. The van der Waals surface area contributed by atoms with Crippen molar-refractivity contribution in [3.05, 3.63) is 24.0 Å². The van der Waals surface area contributed by atoms with E-state index in [0.29, 0.717) is 0 Å². The van der Waals surface area contributed by atoms with Gasteiger partial charge in [0.25, 0.3) is 0 Å². The summed E-state index contributed by atoms with van der Waals surface area (Å²) in [5, 5.41) is 7.09. The van der Waals surface area contributed by atoms with Crippen LogP contribution in [-0.2, 0) is 0 Å². The van der Waals surface area contributed by atoms with Gasteiger partial charge in [-0.05, 0) is 31.1 Å². The molecule has 0 radical (unpaired) electrons. The summed E-state index contributed by atoms with van der Waals surface area (Å²) >= 11 is 4.65. The average molecular weight is 265 g/mol. The Kier molecular flexibility index (Phi) is 7.58. The summed E-state index contributed by atoms with van der Waals surface area (Å²) in [6, 6.07) is 0. The first-order chi connectivity index (χ1) is 8.81. The van der Waals surface area contributed by atoms with E-state index in [0.717, 1.165) is 25.3 Å². The molecule has 0 saturated heterocycles. The highest BCUT2D eigenvalue weighted by molar-refractivity contribution is 7.78. The molecule has 0 saturated carbocycles. The number of isothiocyanates is 1. The Hall–Kier alpha value is -0.960. The second-order valence-electron chi connectivity index (χ2n) is 4.44. The number of rotatable bonds is 8. The van der Waals surface area contributed by atoms with Crippen LogP contribution >= 0.6 is 12.2 Å². The fourth-order valence-corrected chi connectivity index (χ4v) is 2.00. The predicted molar refractivity (Wildman–Crippen MR) is 80.3 cm³/mol. The molecule has 3 nitrogen and oxygen atoms in total. The molecule has 0 N–H and O–H groups in total. The van der Waals surface area contributed by atoms with Gasteiger partial charge in [0.05, 0.1) is 17.4 Å². The van der Waals surface area contributed by atoms with Crippen LogP contribution in [0.15, 0.2) is 29.0 Å². The molecule has 100 valence electrons. The Morgan fingerprint density at radius 1 is 1.33 bits per heavy atom. The normalized spacial score (nSPS) is 14.6. The van der Waals surface area contributed by atoms with E-state index in [2.05, 4.69) is 58.5 Å². The summed E-state index contributed by atoms with van der Waals surface area (Å²) in [5.41, 5.74) is 0.884. The van der Waals surface area contributed by atoms with E-state index in [1.807, 2.05) is 6.08 Å². The van der Waals surface area contributed by atoms with E-state index in [1.165, 1.54) is 25.7 Å². The number of allylic oxidation sites excluding steroid dienone is 1. The molecule has 4 heteroatoms. The Bertz CT molecular complexity index is 335. The predicted octanol–water partition coefficient (Wildman–Crippen LogP) is 3.62. The second kappa shape index (κ2) is 9.03. The topological polar surface area (TPSA) is 18.8 Å². The molecule has 0 aromatic carbocycles. The Morgan fingerprint density at radius 3 is 2.56 bits per heavy atom. The third kappa shape index (κ3) is 5.13. The standard InChI is InChI=1S/C14H23N3S/c1-3-5-9-16(10-6-4-2)17-11-7-8-14(12-17)15-13-18/h7-8,12H,3-6,9-11H2,1-2H3. The van der Waals surface area contributed by atoms with Crippen molar-refractivity contribution in [1.82, 2.24) is 10.0 Å². The molecule has 1 heterocycles. The first-order valence-corrected chi connectivity index (χ1v) is 7.20. The molecule has 0 atom stereocenters. The van der Waals surface area contributed by atoms with Gasteiger partial charge in [0, 0.05) is 19.3 Å². The van der Waals surface area contributed by atoms with Crippen molar-refractivity contribution in [1.29, 1.82) is 0 Å². The van der Waals surface area contributed by atoms with Crippen LogP contribution < -0.4 is 0 Å². The number of nitrogens with zero attached hydrogens (tertiary/aromatic N) is 3. The number of thiocarbonyl (C=S) groups is 1. The molecule has 1 aliphatic heterocycles. The van der Waals surface area contributed by atoms with Crippen molar-refractivity contribution < 1.29 is 0 Å². The molecule has 0 aromatic heterocycles. The lowest BCUT2D eigenvalue weighted by Crippen LogP contribution is -2.41. The lowest BCUT2D eigenvalue weighted by molar-refractivity contribution is 0.0274. The molecule has 18 heavy (non-hydrogen) atoms. The van der Waals surface area contributed by atoms with E-state index in [4.69, 9.17) is 0 Å². The van der Waals surface area contributed by atoms with E-state index in [-0.39, 0.29) is 0 Å². The fourth-order valence-electron chi connectivity index (χ4n) is 1.90. The molecule has 0 aromatic rings. The highest BCUT2D eigenvalue weighted by Crippen LogP contribution is 2.13. The van der Waals surface area contributed by atoms with Gasteiger partial charge >= 0.3 is 0 Å². The highest BCUT2D eigenvalue weighted by atomic mass is 32.1. The van der Waals surface area contributed by atoms with Gasteiger partial charge in [-0.25, -0.2) is 5.01 Å². The zero-order chi connectivity index (χ0) is 13.2. The van der Waals surface area contributed by atoms with Gasteiger partial charge in [-0.3, -0.25) is 0 Å². The van der Waals surface area contributed by atoms with E-state index >= 15 is 0 Å². The molecule has 0 fully saturated rings. The van der Waals surface area contributed by atoms with Crippen molar-refractivity contribution in [2.75, 3.05) is 19.6 Å². The van der Waals surface area contributed by atoms with Crippen LogP contribution in [0.4, 0.5) is 0 Å². The molecule has 0 spiro atoms. The minimum atomic E-state index is 0.884. The highest BCUT2D eigenvalue weighted by Gasteiger charge is 2.13. The van der Waals surface area contributed by atoms with Crippen LogP contribution in [0.25, 0.3) is 0 Å². The van der Waals surface area contributed by atoms with Crippen LogP contribution in [0, 0.1) is 0 Å². The summed E-state index contributed by atoms with van der Waals surface area (Å²) in [6.45, 7) is 7.59. The molecule has 0 unspecified atom stereocenters. The summed E-state index contributed by atoms with van der Waals surface area (Å²) in [7, 11) is 0. The van der Waals surface area contributed by atoms with Gasteiger partial charge in [0.15, 0.2) is 0 Å². The molecule has 1 rings (SSSR count).